The zero-order valence-corrected chi connectivity index (χ0v) is 11.2. The smallest absolute Gasteiger partial charge is 0.155 e. The van der Waals surface area contributed by atoms with Crippen LogP contribution < -0.4 is 0 Å². The van der Waals surface area contributed by atoms with Crippen molar-refractivity contribution in [3.8, 4) is 6.07 Å². The zero-order chi connectivity index (χ0) is 14.3. The maximum Gasteiger partial charge on any atom is 0.155 e. The first-order chi connectivity index (χ1) is 8.93. The molecular weight excluding hydrogens is 269 g/mol. The molecule has 19 heavy (non-hydrogen) atoms. The Morgan fingerprint density at radius 3 is 2.68 bits per heavy atom. The van der Waals surface area contributed by atoms with Gasteiger partial charge in [0.05, 0.1) is 17.9 Å². The van der Waals surface area contributed by atoms with E-state index in [1.165, 1.54) is 25.1 Å². The van der Waals surface area contributed by atoms with Crippen molar-refractivity contribution in [2.24, 2.45) is 5.41 Å². The fraction of sp³-hybridized carbons (Fsp3) is 0.462. The van der Waals surface area contributed by atoms with Gasteiger partial charge in [0.2, 0.25) is 0 Å². The molecule has 0 bridgehead atoms. The molecule has 1 fully saturated rings. The molecule has 0 saturated heterocycles. The summed E-state index contributed by atoms with van der Waals surface area (Å²) >= 11 is 0. The second-order valence-corrected chi connectivity index (χ2v) is 7.13. The van der Waals surface area contributed by atoms with E-state index in [-0.39, 0.29) is 5.75 Å². The lowest BCUT2D eigenvalue weighted by Crippen LogP contribution is -2.19. The van der Waals surface area contributed by atoms with Gasteiger partial charge in [0.15, 0.2) is 9.84 Å². The summed E-state index contributed by atoms with van der Waals surface area (Å²) in [7, 11) is -3.47. The molecule has 1 aliphatic rings. The van der Waals surface area contributed by atoms with Gasteiger partial charge in [-0.2, -0.15) is 5.26 Å². The van der Waals surface area contributed by atoms with Crippen molar-refractivity contribution in [3.05, 3.63) is 35.6 Å². The second kappa shape index (κ2) is 4.58. The fourth-order valence-electron chi connectivity index (χ4n) is 2.64. The van der Waals surface area contributed by atoms with E-state index in [4.69, 9.17) is 0 Å². The Kier molecular flexibility index (Phi) is 3.37. The first-order valence-corrected chi connectivity index (χ1v) is 7.63. The van der Waals surface area contributed by atoms with Crippen LogP contribution in [0.3, 0.4) is 0 Å². The maximum atomic E-state index is 13.2. The highest BCUT2D eigenvalue weighted by Crippen LogP contribution is 2.62. The highest BCUT2D eigenvalue weighted by atomic mass is 32.2. The van der Waals surface area contributed by atoms with Crippen molar-refractivity contribution in [1.82, 2.24) is 0 Å². The summed E-state index contributed by atoms with van der Waals surface area (Å²) in [6, 6.07) is 7.44. The summed E-state index contributed by atoms with van der Waals surface area (Å²) in [5.74, 6) is -1.25. The summed E-state index contributed by atoms with van der Waals surface area (Å²) in [6.45, 7) is 0.949. The van der Waals surface area contributed by atoms with Gasteiger partial charge in [-0.05, 0) is 17.7 Å². The van der Waals surface area contributed by atoms with Gasteiger partial charge in [0.1, 0.15) is 11.2 Å². The topological polar surface area (TPSA) is 78.2 Å². The summed E-state index contributed by atoms with van der Waals surface area (Å²) in [6.07, 6.45) is 0. The minimum absolute atomic E-state index is 0.104. The predicted molar refractivity (Wildman–Crippen MR) is 67.5 cm³/mol. The molecular formula is C13H14FNO3S. The lowest BCUT2D eigenvalue weighted by molar-refractivity contribution is 0.242. The SMILES string of the molecule is CCS(=O)(=O)[C@@H]1[C@H](c2cccc(F)c2)[C@]1(C#N)CO. The van der Waals surface area contributed by atoms with Crippen LogP contribution in [0.4, 0.5) is 4.39 Å². The highest BCUT2D eigenvalue weighted by molar-refractivity contribution is 7.92. The number of halogens is 1. The summed E-state index contributed by atoms with van der Waals surface area (Å²) in [5.41, 5.74) is -0.902. The van der Waals surface area contributed by atoms with Gasteiger partial charge in [-0.25, -0.2) is 12.8 Å². The van der Waals surface area contributed by atoms with E-state index in [1.54, 1.807) is 6.07 Å². The molecule has 102 valence electrons. The van der Waals surface area contributed by atoms with Crippen LogP contribution in [0.1, 0.15) is 18.4 Å². The second-order valence-electron chi connectivity index (χ2n) is 4.72. The molecule has 0 aliphatic heterocycles. The quantitative estimate of drug-likeness (QED) is 0.901. The minimum Gasteiger partial charge on any atom is -0.395 e. The van der Waals surface area contributed by atoms with Crippen LogP contribution in [-0.4, -0.2) is 31.1 Å². The molecule has 0 spiro atoms. The minimum atomic E-state index is -3.47. The standard InChI is InChI=1S/C13H14FNO3S/c1-2-19(17,18)12-11(13(12,7-15)8-16)9-4-3-5-10(14)6-9/h3-6,11-12,16H,2,8H2,1H3/t11-,12+,13-/m0/s1. The monoisotopic (exact) mass is 283 g/mol. The number of aliphatic hydroxyl groups is 1. The third-order valence-corrected chi connectivity index (χ3v) is 5.99. The number of sulfone groups is 1. The van der Waals surface area contributed by atoms with E-state index >= 15 is 0 Å². The molecule has 0 radical (unpaired) electrons. The number of aliphatic hydroxyl groups excluding tert-OH is 1. The Hall–Kier alpha value is -1.45. The Morgan fingerprint density at radius 2 is 2.21 bits per heavy atom. The lowest BCUT2D eigenvalue weighted by Gasteiger charge is -2.03. The van der Waals surface area contributed by atoms with Crippen molar-refractivity contribution in [2.75, 3.05) is 12.4 Å². The third-order valence-electron chi connectivity index (χ3n) is 3.72. The summed E-state index contributed by atoms with van der Waals surface area (Å²) in [4.78, 5) is 0. The van der Waals surface area contributed by atoms with Gasteiger partial charge < -0.3 is 5.11 Å². The van der Waals surface area contributed by atoms with Crippen LogP contribution in [0.5, 0.6) is 0 Å². The Bertz CT molecular complexity index is 638. The van der Waals surface area contributed by atoms with Crippen molar-refractivity contribution in [1.29, 1.82) is 5.26 Å². The number of benzene rings is 1. The Labute approximate surface area is 111 Å². The molecule has 0 unspecified atom stereocenters. The van der Waals surface area contributed by atoms with Crippen molar-refractivity contribution < 1.29 is 17.9 Å². The van der Waals surface area contributed by atoms with Crippen LogP contribution >= 0.6 is 0 Å². The van der Waals surface area contributed by atoms with E-state index in [1.807, 2.05) is 6.07 Å². The first-order valence-electron chi connectivity index (χ1n) is 5.92. The number of hydrogen-bond acceptors (Lipinski definition) is 4. The van der Waals surface area contributed by atoms with Gasteiger partial charge in [-0.1, -0.05) is 19.1 Å². The van der Waals surface area contributed by atoms with Gasteiger partial charge in [0.25, 0.3) is 0 Å². The molecule has 0 aromatic heterocycles. The van der Waals surface area contributed by atoms with Gasteiger partial charge in [0, 0.05) is 11.7 Å². The normalized spacial score (nSPS) is 29.8. The van der Waals surface area contributed by atoms with Crippen LogP contribution in [0, 0.1) is 22.6 Å². The molecule has 0 amide bonds. The molecule has 1 aromatic carbocycles. The lowest BCUT2D eigenvalue weighted by atomic mass is 10.0. The predicted octanol–water partition coefficient (Wildman–Crippen LogP) is 1.23. The van der Waals surface area contributed by atoms with Gasteiger partial charge >= 0.3 is 0 Å². The van der Waals surface area contributed by atoms with Crippen molar-refractivity contribution in [2.45, 2.75) is 18.1 Å². The van der Waals surface area contributed by atoms with E-state index < -0.39 is 38.8 Å². The van der Waals surface area contributed by atoms with E-state index in [0.717, 1.165) is 0 Å². The molecule has 0 heterocycles. The summed E-state index contributed by atoms with van der Waals surface area (Å²) in [5, 5.41) is 17.7. The molecule has 4 nitrogen and oxygen atoms in total. The molecule has 1 aromatic rings. The molecule has 1 N–H and O–H groups in total. The Morgan fingerprint density at radius 1 is 1.53 bits per heavy atom. The Balaban J connectivity index is 2.49. The number of hydrogen-bond donors (Lipinski definition) is 1. The highest BCUT2D eigenvalue weighted by Gasteiger charge is 2.71. The van der Waals surface area contributed by atoms with Crippen LogP contribution in [0.25, 0.3) is 0 Å². The van der Waals surface area contributed by atoms with E-state index in [2.05, 4.69) is 0 Å². The molecule has 3 atom stereocenters. The van der Waals surface area contributed by atoms with Gasteiger partial charge in [-0.3, -0.25) is 0 Å². The zero-order valence-electron chi connectivity index (χ0n) is 10.4. The van der Waals surface area contributed by atoms with Crippen LogP contribution in [0.2, 0.25) is 0 Å². The molecule has 2 rings (SSSR count). The van der Waals surface area contributed by atoms with Crippen LogP contribution in [0.15, 0.2) is 24.3 Å². The van der Waals surface area contributed by atoms with E-state index in [9.17, 15) is 23.2 Å². The fourth-order valence-corrected chi connectivity index (χ4v) is 4.65. The van der Waals surface area contributed by atoms with Crippen LogP contribution in [-0.2, 0) is 9.84 Å². The van der Waals surface area contributed by atoms with Crippen molar-refractivity contribution >= 4 is 9.84 Å². The number of rotatable bonds is 4. The largest absolute Gasteiger partial charge is 0.395 e. The summed E-state index contributed by atoms with van der Waals surface area (Å²) < 4.78 is 37.2. The molecule has 1 saturated carbocycles. The van der Waals surface area contributed by atoms with Gasteiger partial charge in [-0.15, -0.1) is 0 Å². The third kappa shape index (κ3) is 2.03. The van der Waals surface area contributed by atoms with Crippen molar-refractivity contribution in [3.63, 3.8) is 0 Å². The average Bonchev–Trinajstić information content (AvgIpc) is 3.09. The van der Waals surface area contributed by atoms with E-state index in [0.29, 0.717) is 5.56 Å². The average molecular weight is 283 g/mol. The number of nitriles is 1. The molecule has 1 aliphatic carbocycles. The number of nitrogens with zero attached hydrogens (tertiary/aromatic N) is 1. The maximum absolute atomic E-state index is 13.2. The molecule has 6 heteroatoms. The first kappa shape index (κ1) is 14.0.